The molecule has 0 unspecified atom stereocenters. The van der Waals surface area contributed by atoms with Crippen molar-refractivity contribution < 1.29 is 9.90 Å². The molecule has 0 bridgehead atoms. The molecule has 0 atom stereocenters. The van der Waals surface area contributed by atoms with Gasteiger partial charge >= 0.3 is 6.09 Å². The van der Waals surface area contributed by atoms with E-state index >= 15 is 0 Å². The molecular formula is C10H9N3O2. The Kier molecular flexibility index (Phi) is 2.45. The van der Waals surface area contributed by atoms with Crippen molar-refractivity contribution >= 4 is 6.09 Å². The fourth-order valence-corrected chi connectivity index (χ4v) is 1.30. The van der Waals surface area contributed by atoms with Crippen molar-refractivity contribution in [2.24, 2.45) is 0 Å². The number of hydrogen-bond donors (Lipinski definition) is 1. The lowest BCUT2D eigenvalue weighted by Crippen LogP contribution is -2.11. The molecule has 2 rings (SSSR count). The number of nitrogens with zero attached hydrogens (tertiary/aromatic N) is 3. The Hall–Kier alpha value is -2.17. The zero-order valence-corrected chi connectivity index (χ0v) is 7.87. The largest absolute Gasteiger partial charge is 0.464 e. The van der Waals surface area contributed by atoms with Gasteiger partial charge in [-0.25, -0.2) is 14.3 Å². The first-order valence-electron chi connectivity index (χ1n) is 4.43. The van der Waals surface area contributed by atoms with Crippen LogP contribution in [0.25, 0.3) is 0 Å². The topological polar surface area (TPSA) is 68.0 Å². The van der Waals surface area contributed by atoms with Crippen molar-refractivity contribution in [1.82, 2.24) is 14.5 Å². The van der Waals surface area contributed by atoms with Crippen LogP contribution < -0.4 is 0 Å². The third kappa shape index (κ3) is 2.01. The molecule has 5 heteroatoms. The summed E-state index contributed by atoms with van der Waals surface area (Å²) in [6, 6.07) is 5.50. The fraction of sp³-hybridized carbons (Fsp3) is 0.100. The van der Waals surface area contributed by atoms with E-state index in [9.17, 15) is 4.79 Å². The number of imidazole rings is 1. The minimum absolute atomic E-state index is 0.417. The summed E-state index contributed by atoms with van der Waals surface area (Å²) in [5, 5.41) is 8.84. The highest BCUT2D eigenvalue weighted by atomic mass is 16.4. The van der Waals surface area contributed by atoms with E-state index in [1.54, 1.807) is 6.20 Å². The van der Waals surface area contributed by atoms with E-state index in [2.05, 4.69) is 9.97 Å². The number of carbonyl (C=O) groups is 1. The lowest BCUT2D eigenvalue weighted by molar-refractivity contribution is 0.195. The second-order valence-corrected chi connectivity index (χ2v) is 2.99. The maximum atomic E-state index is 10.8. The number of carboxylic acid groups (broad SMARTS) is 1. The molecule has 2 heterocycles. The van der Waals surface area contributed by atoms with Gasteiger partial charge in [0.1, 0.15) is 5.82 Å². The lowest BCUT2D eigenvalue weighted by atomic mass is 10.2. The molecule has 2 aromatic heterocycles. The highest BCUT2D eigenvalue weighted by Gasteiger charge is 2.09. The van der Waals surface area contributed by atoms with Crippen LogP contribution in [-0.4, -0.2) is 25.7 Å². The molecule has 2 aromatic rings. The van der Waals surface area contributed by atoms with Gasteiger partial charge in [-0.05, 0) is 12.1 Å². The van der Waals surface area contributed by atoms with Gasteiger partial charge in [0, 0.05) is 30.7 Å². The predicted octanol–water partition coefficient (Wildman–Crippen LogP) is 1.39. The van der Waals surface area contributed by atoms with E-state index in [1.807, 2.05) is 18.2 Å². The van der Waals surface area contributed by atoms with Gasteiger partial charge in [0.2, 0.25) is 0 Å². The van der Waals surface area contributed by atoms with Crippen molar-refractivity contribution in [1.29, 1.82) is 0 Å². The third-order valence-corrected chi connectivity index (χ3v) is 1.99. The second kappa shape index (κ2) is 3.91. The molecule has 0 fully saturated rings. The number of rotatable bonds is 2. The SMILES string of the molecule is O=C(O)n1ccnc1Cc1ccccn1. The molecule has 0 radical (unpaired) electrons. The van der Waals surface area contributed by atoms with Crippen LogP contribution in [0.1, 0.15) is 11.5 Å². The first-order valence-corrected chi connectivity index (χ1v) is 4.43. The molecule has 0 aliphatic carbocycles. The van der Waals surface area contributed by atoms with Crippen LogP contribution in [0.5, 0.6) is 0 Å². The zero-order chi connectivity index (χ0) is 10.7. The van der Waals surface area contributed by atoms with E-state index in [1.165, 1.54) is 12.4 Å². The first-order chi connectivity index (χ1) is 7.27. The molecular weight excluding hydrogens is 194 g/mol. The zero-order valence-electron chi connectivity index (χ0n) is 7.87. The van der Waals surface area contributed by atoms with Gasteiger partial charge in [-0.1, -0.05) is 6.07 Å². The van der Waals surface area contributed by atoms with Crippen molar-refractivity contribution in [2.75, 3.05) is 0 Å². The van der Waals surface area contributed by atoms with Crippen molar-refractivity contribution in [3.63, 3.8) is 0 Å². The molecule has 1 N–H and O–H groups in total. The Balaban J connectivity index is 2.25. The molecule has 5 nitrogen and oxygen atoms in total. The second-order valence-electron chi connectivity index (χ2n) is 2.99. The molecule has 0 aromatic carbocycles. The molecule has 0 saturated carbocycles. The highest BCUT2D eigenvalue weighted by molar-refractivity contribution is 5.68. The van der Waals surface area contributed by atoms with Crippen LogP contribution in [0, 0.1) is 0 Å². The van der Waals surface area contributed by atoms with Crippen LogP contribution in [0.2, 0.25) is 0 Å². The molecule has 76 valence electrons. The maximum Gasteiger partial charge on any atom is 0.417 e. The van der Waals surface area contributed by atoms with E-state index in [0.29, 0.717) is 12.2 Å². The minimum Gasteiger partial charge on any atom is -0.464 e. The Morgan fingerprint density at radius 2 is 2.20 bits per heavy atom. The standard InChI is InChI=1S/C10H9N3O2/c14-10(15)13-6-5-12-9(13)7-8-3-1-2-4-11-8/h1-6H,7H2,(H,14,15). The summed E-state index contributed by atoms with van der Waals surface area (Å²) in [6.07, 6.45) is 3.94. The van der Waals surface area contributed by atoms with E-state index in [4.69, 9.17) is 5.11 Å². The van der Waals surface area contributed by atoms with Crippen LogP contribution in [0.15, 0.2) is 36.8 Å². The van der Waals surface area contributed by atoms with E-state index < -0.39 is 6.09 Å². The Morgan fingerprint density at radius 3 is 2.87 bits per heavy atom. The van der Waals surface area contributed by atoms with Crippen LogP contribution in [0.3, 0.4) is 0 Å². The van der Waals surface area contributed by atoms with Gasteiger partial charge in [-0.3, -0.25) is 4.98 Å². The molecule has 15 heavy (non-hydrogen) atoms. The monoisotopic (exact) mass is 203 g/mol. The van der Waals surface area contributed by atoms with Crippen LogP contribution >= 0.6 is 0 Å². The van der Waals surface area contributed by atoms with Gasteiger partial charge in [0.05, 0.1) is 0 Å². The summed E-state index contributed by atoms with van der Waals surface area (Å²) in [4.78, 5) is 18.9. The third-order valence-electron chi connectivity index (χ3n) is 1.99. The van der Waals surface area contributed by atoms with Crippen molar-refractivity contribution in [3.8, 4) is 0 Å². The van der Waals surface area contributed by atoms with Gasteiger partial charge in [0.15, 0.2) is 0 Å². The van der Waals surface area contributed by atoms with Gasteiger partial charge in [0.25, 0.3) is 0 Å². The summed E-state index contributed by atoms with van der Waals surface area (Å²) in [5.74, 6) is 0.473. The summed E-state index contributed by atoms with van der Waals surface area (Å²) in [7, 11) is 0. The maximum absolute atomic E-state index is 10.8. The average Bonchev–Trinajstić information content (AvgIpc) is 2.67. The normalized spacial score (nSPS) is 10.1. The van der Waals surface area contributed by atoms with E-state index in [-0.39, 0.29) is 0 Å². The first kappa shape index (κ1) is 9.39. The summed E-state index contributed by atoms with van der Waals surface area (Å²) >= 11 is 0. The van der Waals surface area contributed by atoms with Crippen molar-refractivity contribution in [2.45, 2.75) is 6.42 Å². The Morgan fingerprint density at radius 1 is 1.33 bits per heavy atom. The smallest absolute Gasteiger partial charge is 0.417 e. The molecule has 0 saturated heterocycles. The number of aromatic nitrogens is 3. The fourth-order valence-electron chi connectivity index (χ4n) is 1.30. The highest BCUT2D eigenvalue weighted by Crippen LogP contribution is 2.04. The number of pyridine rings is 1. The average molecular weight is 203 g/mol. The van der Waals surface area contributed by atoms with Gasteiger partial charge < -0.3 is 5.11 Å². The van der Waals surface area contributed by atoms with Crippen LogP contribution in [0.4, 0.5) is 4.79 Å². The minimum atomic E-state index is -1.03. The van der Waals surface area contributed by atoms with Gasteiger partial charge in [-0.15, -0.1) is 0 Å². The quantitative estimate of drug-likeness (QED) is 0.800. The molecule has 0 aliphatic rings. The Bertz CT molecular complexity index is 465. The Labute approximate surface area is 86.0 Å². The molecule has 0 aliphatic heterocycles. The summed E-state index contributed by atoms with van der Waals surface area (Å²) in [6.45, 7) is 0. The van der Waals surface area contributed by atoms with Gasteiger partial charge in [-0.2, -0.15) is 0 Å². The molecule has 0 spiro atoms. The number of hydrogen-bond acceptors (Lipinski definition) is 3. The molecule has 0 amide bonds. The lowest BCUT2D eigenvalue weighted by Gasteiger charge is -2.01. The van der Waals surface area contributed by atoms with E-state index in [0.717, 1.165) is 10.3 Å². The van der Waals surface area contributed by atoms with Crippen molar-refractivity contribution in [3.05, 3.63) is 48.3 Å². The van der Waals surface area contributed by atoms with Crippen LogP contribution in [-0.2, 0) is 6.42 Å². The summed E-state index contributed by atoms with van der Waals surface area (Å²) < 4.78 is 1.09. The predicted molar refractivity (Wildman–Crippen MR) is 52.7 cm³/mol. The summed E-state index contributed by atoms with van der Waals surface area (Å²) in [5.41, 5.74) is 0.797.